The first kappa shape index (κ1) is 20.7. The molecule has 8 nitrogen and oxygen atoms in total. The summed E-state index contributed by atoms with van der Waals surface area (Å²) in [6.45, 7) is 7.22. The molecule has 0 saturated heterocycles. The number of hydrazine groups is 1. The van der Waals surface area contributed by atoms with E-state index in [1.807, 2.05) is 6.92 Å². The zero-order valence-corrected chi connectivity index (χ0v) is 17.4. The topological polar surface area (TPSA) is 110 Å². The summed E-state index contributed by atoms with van der Waals surface area (Å²) in [4.78, 5) is 27.4. The third-order valence-electron chi connectivity index (χ3n) is 4.62. The molecule has 0 unspecified atom stereocenters. The van der Waals surface area contributed by atoms with E-state index in [0.717, 1.165) is 11.1 Å². The lowest BCUT2D eigenvalue weighted by molar-refractivity contribution is 0.0939. The van der Waals surface area contributed by atoms with Crippen molar-refractivity contribution >= 4 is 26.7 Å². The summed E-state index contributed by atoms with van der Waals surface area (Å²) in [5, 5.41) is 4.83. The summed E-state index contributed by atoms with van der Waals surface area (Å²) in [7, 11) is -3.97. The average Bonchev–Trinajstić information content (AvgIpc) is 2.68. The number of nitrogens with zero attached hydrogens (tertiary/aromatic N) is 2. The molecule has 0 aliphatic rings. The van der Waals surface area contributed by atoms with Gasteiger partial charge in [-0.2, -0.15) is 5.10 Å². The molecular formula is C20H22N4O4S. The maximum atomic E-state index is 12.7. The molecule has 2 aromatic carbocycles. The van der Waals surface area contributed by atoms with Crippen LogP contribution in [0.2, 0.25) is 0 Å². The van der Waals surface area contributed by atoms with E-state index >= 15 is 0 Å². The zero-order valence-electron chi connectivity index (χ0n) is 16.6. The first-order valence-electron chi connectivity index (χ1n) is 9.03. The van der Waals surface area contributed by atoms with E-state index in [0.29, 0.717) is 10.8 Å². The van der Waals surface area contributed by atoms with Gasteiger partial charge in [0.05, 0.1) is 16.3 Å². The highest BCUT2D eigenvalue weighted by Crippen LogP contribution is 2.16. The number of carbonyl (C=O) groups excluding carboxylic acids is 1. The van der Waals surface area contributed by atoms with Crippen molar-refractivity contribution in [1.29, 1.82) is 0 Å². The van der Waals surface area contributed by atoms with Crippen LogP contribution in [0, 0.1) is 13.8 Å². The van der Waals surface area contributed by atoms with Crippen LogP contribution in [0.4, 0.5) is 0 Å². The Labute approximate surface area is 168 Å². The van der Waals surface area contributed by atoms with Crippen LogP contribution in [0.3, 0.4) is 0 Å². The lowest BCUT2D eigenvalue weighted by Gasteiger charge is -2.14. The number of fused-ring (bicyclic) bond motifs is 1. The van der Waals surface area contributed by atoms with E-state index in [4.69, 9.17) is 0 Å². The smallest absolute Gasteiger partial charge is 0.272 e. The summed E-state index contributed by atoms with van der Waals surface area (Å²) < 4.78 is 26.2. The number of nitrogens with one attached hydrogen (secondary N) is 2. The summed E-state index contributed by atoms with van der Waals surface area (Å²) in [5.41, 5.74) is 3.61. The molecule has 0 spiro atoms. The lowest BCUT2D eigenvalue weighted by Crippen LogP contribution is -2.42. The second-order valence-corrected chi connectivity index (χ2v) is 8.73. The molecule has 0 aliphatic carbocycles. The number of hydrogen-bond donors (Lipinski definition) is 2. The third-order valence-corrected chi connectivity index (χ3v) is 5.87. The van der Waals surface area contributed by atoms with Crippen molar-refractivity contribution in [2.24, 2.45) is 0 Å². The van der Waals surface area contributed by atoms with E-state index in [2.05, 4.69) is 15.4 Å². The number of benzene rings is 2. The number of hydrogen-bond acceptors (Lipinski definition) is 5. The molecule has 0 aliphatic heterocycles. The summed E-state index contributed by atoms with van der Waals surface area (Å²) in [5.74, 6) is -0.761. The van der Waals surface area contributed by atoms with Crippen LogP contribution in [-0.4, -0.2) is 24.1 Å². The number of carbonyl (C=O) groups is 1. The highest BCUT2D eigenvalue weighted by atomic mass is 32.2. The predicted molar refractivity (Wildman–Crippen MR) is 110 cm³/mol. The molecule has 2 N–H and O–H groups in total. The molecule has 3 rings (SSSR count). The van der Waals surface area contributed by atoms with E-state index in [1.54, 1.807) is 51.1 Å². The number of sulfonamides is 1. The fourth-order valence-corrected chi connectivity index (χ4v) is 3.76. The molecule has 0 bridgehead atoms. The minimum absolute atomic E-state index is 0.0332. The van der Waals surface area contributed by atoms with Gasteiger partial charge in [0, 0.05) is 5.39 Å². The fraction of sp³-hybridized carbons (Fsp3) is 0.250. The number of aromatic nitrogens is 2. The van der Waals surface area contributed by atoms with Crippen molar-refractivity contribution in [3.8, 4) is 0 Å². The SMILES string of the molecule is Cc1ccc(S(=O)(=O)NNC(=O)c2nn(C(C)C)c(=O)c3ccccc23)cc1C. The van der Waals surface area contributed by atoms with Gasteiger partial charge in [-0.1, -0.05) is 24.3 Å². The van der Waals surface area contributed by atoms with Gasteiger partial charge < -0.3 is 0 Å². The molecule has 29 heavy (non-hydrogen) atoms. The molecule has 3 aromatic rings. The van der Waals surface area contributed by atoms with Crippen molar-refractivity contribution in [2.45, 2.75) is 38.6 Å². The number of rotatable bonds is 5. The highest BCUT2D eigenvalue weighted by Gasteiger charge is 2.20. The van der Waals surface area contributed by atoms with Crippen LogP contribution in [0.5, 0.6) is 0 Å². The molecule has 9 heteroatoms. The Bertz CT molecular complexity index is 1260. The summed E-state index contributed by atoms with van der Waals surface area (Å²) >= 11 is 0. The lowest BCUT2D eigenvalue weighted by atomic mass is 10.1. The van der Waals surface area contributed by atoms with Crippen LogP contribution in [-0.2, 0) is 10.0 Å². The van der Waals surface area contributed by atoms with E-state index in [-0.39, 0.29) is 22.2 Å². The Morgan fingerprint density at radius 1 is 1.03 bits per heavy atom. The highest BCUT2D eigenvalue weighted by molar-refractivity contribution is 7.89. The van der Waals surface area contributed by atoms with Gasteiger partial charge in [0.25, 0.3) is 21.5 Å². The minimum atomic E-state index is -3.97. The van der Waals surface area contributed by atoms with Crippen LogP contribution in [0.15, 0.2) is 52.2 Å². The van der Waals surface area contributed by atoms with Gasteiger partial charge in [0.1, 0.15) is 0 Å². The van der Waals surface area contributed by atoms with Crippen LogP contribution < -0.4 is 15.8 Å². The van der Waals surface area contributed by atoms with E-state index in [1.165, 1.54) is 16.8 Å². The Kier molecular flexibility index (Phi) is 5.54. The van der Waals surface area contributed by atoms with E-state index < -0.39 is 15.9 Å². The molecule has 1 heterocycles. The fourth-order valence-electron chi connectivity index (χ4n) is 2.84. The third kappa shape index (κ3) is 4.06. The normalized spacial score (nSPS) is 11.8. The molecule has 1 amide bonds. The van der Waals surface area contributed by atoms with Crippen LogP contribution >= 0.6 is 0 Å². The van der Waals surface area contributed by atoms with Gasteiger partial charge >= 0.3 is 0 Å². The molecule has 0 atom stereocenters. The van der Waals surface area contributed by atoms with Crippen molar-refractivity contribution in [1.82, 2.24) is 20.0 Å². The Hall–Kier alpha value is -3.04. The number of amides is 1. The number of aryl methyl sites for hydroxylation is 2. The van der Waals surface area contributed by atoms with Crippen molar-refractivity contribution in [2.75, 3.05) is 0 Å². The molecule has 0 fully saturated rings. The maximum absolute atomic E-state index is 12.7. The average molecular weight is 414 g/mol. The van der Waals surface area contributed by atoms with Crippen molar-refractivity contribution < 1.29 is 13.2 Å². The van der Waals surface area contributed by atoms with Gasteiger partial charge in [-0.25, -0.2) is 13.1 Å². The van der Waals surface area contributed by atoms with Gasteiger partial charge in [0.15, 0.2) is 5.69 Å². The quantitative estimate of drug-likeness (QED) is 0.622. The van der Waals surface area contributed by atoms with Crippen LogP contribution in [0.1, 0.15) is 41.5 Å². The van der Waals surface area contributed by atoms with Crippen molar-refractivity contribution in [3.05, 3.63) is 69.6 Å². The van der Waals surface area contributed by atoms with Gasteiger partial charge in [-0.15, -0.1) is 4.83 Å². The summed E-state index contributed by atoms with van der Waals surface area (Å²) in [6, 6.07) is 11.0. The first-order valence-corrected chi connectivity index (χ1v) is 10.5. The molecule has 152 valence electrons. The summed E-state index contributed by atoms with van der Waals surface area (Å²) in [6.07, 6.45) is 0. The Morgan fingerprint density at radius 3 is 2.31 bits per heavy atom. The standard InChI is InChI=1S/C20H22N4O4S/c1-12(2)24-20(26)17-8-6-5-7-16(17)18(22-24)19(25)21-23-29(27,28)15-10-9-13(3)14(4)11-15/h5-12,23H,1-4H3,(H,21,25). The van der Waals surface area contributed by atoms with E-state index in [9.17, 15) is 18.0 Å². The predicted octanol–water partition coefficient (Wildman–Crippen LogP) is 2.22. The Morgan fingerprint density at radius 2 is 1.69 bits per heavy atom. The Balaban J connectivity index is 1.95. The largest absolute Gasteiger partial charge is 0.287 e. The van der Waals surface area contributed by atoms with Crippen molar-refractivity contribution in [3.63, 3.8) is 0 Å². The van der Waals surface area contributed by atoms with Gasteiger partial charge in [0.2, 0.25) is 0 Å². The molecule has 0 radical (unpaired) electrons. The monoisotopic (exact) mass is 414 g/mol. The second-order valence-electron chi connectivity index (χ2n) is 7.04. The molecule has 0 saturated carbocycles. The minimum Gasteiger partial charge on any atom is -0.272 e. The van der Waals surface area contributed by atoms with Crippen LogP contribution in [0.25, 0.3) is 10.8 Å². The zero-order chi connectivity index (χ0) is 21.3. The molecule has 1 aromatic heterocycles. The second kappa shape index (κ2) is 7.76. The maximum Gasteiger partial charge on any atom is 0.287 e. The molecular weight excluding hydrogens is 392 g/mol. The van der Waals surface area contributed by atoms with Gasteiger partial charge in [-0.05, 0) is 57.0 Å². The van der Waals surface area contributed by atoms with Gasteiger partial charge in [-0.3, -0.25) is 15.0 Å². The first-order chi connectivity index (χ1) is 13.6.